The van der Waals surface area contributed by atoms with Crippen LogP contribution in [0.2, 0.25) is 0 Å². The van der Waals surface area contributed by atoms with E-state index in [2.05, 4.69) is 17.2 Å². The first-order valence-electron chi connectivity index (χ1n) is 4.93. The van der Waals surface area contributed by atoms with E-state index in [1.807, 2.05) is 0 Å². The van der Waals surface area contributed by atoms with Gasteiger partial charge in [-0.25, -0.2) is 13.1 Å². The number of hydrogen-bond donors (Lipinski definition) is 1. The van der Waals surface area contributed by atoms with Crippen LogP contribution in [-0.2, 0) is 11.2 Å². The van der Waals surface area contributed by atoms with Crippen molar-refractivity contribution in [3.63, 3.8) is 0 Å². The van der Waals surface area contributed by atoms with Crippen molar-refractivity contribution in [3.8, 4) is 0 Å². The summed E-state index contributed by atoms with van der Waals surface area (Å²) in [5.74, 6) is -1.22. The van der Waals surface area contributed by atoms with Crippen LogP contribution in [0.1, 0.15) is 11.3 Å². The Kier molecular flexibility index (Phi) is 3.93. The van der Waals surface area contributed by atoms with Gasteiger partial charge in [0.05, 0.1) is 5.69 Å². The van der Waals surface area contributed by atoms with Crippen molar-refractivity contribution in [1.82, 2.24) is 4.37 Å². The summed E-state index contributed by atoms with van der Waals surface area (Å²) in [6, 6.07) is 5.04. The van der Waals surface area contributed by atoms with Crippen molar-refractivity contribution in [2.24, 2.45) is 0 Å². The molecule has 0 radical (unpaired) electrons. The number of anilines is 1. The molecule has 0 N–H and O–H groups in total. The SMILES string of the molecule is O=CN(S)c1cc(Cc2ccc(F)cc2F)ns1. The van der Waals surface area contributed by atoms with Crippen molar-refractivity contribution in [2.75, 3.05) is 4.31 Å². The van der Waals surface area contributed by atoms with Crippen LogP contribution in [0.15, 0.2) is 24.3 Å². The molecule has 0 aliphatic rings. The van der Waals surface area contributed by atoms with Crippen molar-refractivity contribution in [3.05, 3.63) is 47.2 Å². The Hall–Kier alpha value is -1.47. The highest BCUT2D eigenvalue weighted by molar-refractivity contribution is 7.82. The van der Waals surface area contributed by atoms with Crippen LogP contribution in [0.25, 0.3) is 0 Å². The molecule has 0 aliphatic carbocycles. The average molecular weight is 286 g/mol. The molecule has 0 saturated heterocycles. The van der Waals surface area contributed by atoms with Gasteiger partial charge < -0.3 is 0 Å². The fourth-order valence-corrected chi connectivity index (χ4v) is 2.21. The molecule has 0 spiro atoms. The number of thiol groups is 1. The molecule has 0 saturated carbocycles. The summed E-state index contributed by atoms with van der Waals surface area (Å²) in [6.45, 7) is 0. The molecule has 0 fully saturated rings. The second-order valence-electron chi connectivity index (χ2n) is 3.52. The number of carbonyl (C=O) groups is 1. The zero-order valence-corrected chi connectivity index (χ0v) is 10.7. The predicted molar refractivity (Wildman–Crippen MR) is 68.8 cm³/mol. The second-order valence-corrected chi connectivity index (χ2v) is 4.73. The number of halogens is 2. The third kappa shape index (κ3) is 2.85. The third-order valence-corrected chi connectivity index (χ3v) is 3.53. The van der Waals surface area contributed by atoms with Crippen LogP contribution in [0.3, 0.4) is 0 Å². The quantitative estimate of drug-likeness (QED) is 0.692. The highest BCUT2D eigenvalue weighted by Crippen LogP contribution is 2.24. The van der Waals surface area contributed by atoms with Crippen LogP contribution in [0.5, 0.6) is 0 Å². The minimum Gasteiger partial charge on any atom is -0.277 e. The number of amides is 1. The first kappa shape index (κ1) is 13.0. The zero-order chi connectivity index (χ0) is 13.1. The van der Waals surface area contributed by atoms with E-state index < -0.39 is 11.6 Å². The molecule has 94 valence electrons. The maximum atomic E-state index is 13.4. The highest BCUT2D eigenvalue weighted by Gasteiger charge is 2.10. The fourth-order valence-electron chi connectivity index (χ4n) is 1.40. The second kappa shape index (κ2) is 5.45. The Labute approximate surface area is 112 Å². The lowest BCUT2D eigenvalue weighted by atomic mass is 10.1. The first-order valence-corrected chi connectivity index (χ1v) is 6.10. The van der Waals surface area contributed by atoms with Crippen molar-refractivity contribution >= 4 is 35.8 Å². The fraction of sp³-hybridized carbons (Fsp3) is 0.0909. The van der Waals surface area contributed by atoms with Gasteiger partial charge in [-0.1, -0.05) is 18.9 Å². The minimum absolute atomic E-state index is 0.239. The highest BCUT2D eigenvalue weighted by atomic mass is 32.1. The monoisotopic (exact) mass is 286 g/mol. The van der Waals surface area contributed by atoms with Crippen LogP contribution in [-0.4, -0.2) is 10.8 Å². The summed E-state index contributed by atoms with van der Waals surface area (Å²) in [5, 5.41) is 0.547. The smallest absolute Gasteiger partial charge is 0.224 e. The van der Waals surface area contributed by atoms with Gasteiger partial charge in [-0.15, -0.1) is 0 Å². The van der Waals surface area contributed by atoms with Crippen LogP contribution < -0.4 is 4.31 Å². The number of carbonyl (C=O) groups excluding carboxylic acids is 1. The van der Waals surface area contributed by atoms with E-state index in [1.165, 1.54) is 12.1 Å². The molecule has 1 amide bonds. The molecule has 0 bridgehead atoms. The van der Waals surface area contributed by atoms with E-state index in [-0.39, 0.29) is 6.42 Å². The molecule has 3 nitrogen and oxygen atoms in total. The average Bonchev–Trinajstić information content (AvgIpc) is 2.80. The predicted octanol–water partition coefficient (Wildman–Crippen LogP) is 2.82. The molecule has 1 aromatic heterocycles. The number of rotatable bonds is 4. The molecular formula is C11H8F2N2OS2. The van der Waals surface area contributed by atoms with Crippen molar-refractivity contribution < 1.29 is 13.6 Å². The van der Waals surface area contributed by atoms with Gasteiger partial charge in [-0.2, -0.15) is 4.37 Å². The number of aromatic nitrogens is 1. The molecular weight excluding hydrogens is 278 g/mol. The summed E-state index contributed by atoms with van der Waals surface area (Å²) < 4.78 is 31.3. The Morgan fingerprint density at radius 2 is 2.17 bits per heavy atom. The molecule has 0 unspecified atom stereocenters. The van der Waals surface area contributed by atoms with Crippen LogP contribution in [0.4, 0.5) is 13.8 Å². The number of benzene rings is 1. The van der Waals surface area contributed by atoms with Crippen molar-refractivity contribution in [1.29, 1.82) is 0 Å². The molecule has 1 aromatic carbocycles. The summed E-state index contributed by atoms with van der Waals surface area (Å²) in [6.07, 6.45) is 0.780. The van der Waals surface area contributed by atoms with Crippen LogP contribution >= 0.6 is 24.3 Å². The Bertz CT molecular complexity index is 574. The van der Waals surface area contributed by atoms with Gasteiger partial charge in [-0.05, 0) is 29.2 Å². The van der Waals surface area contributed by atoms with Crippen LogP contribution in [0, 0.1) is 11.6 Å². The molecule has 7 heteroatoms. The van der Waals surface area contributed by atoms with Gasteiger partial charge in [0.25, 0.3) is 0 Å². The maximum absolute atomic E-state index is 13.4. The Balaban J connectivity index is 2.18. The number of hydrogen-bond acceptors (Lipinski definition) is 4. The van der Waals surface area contributed by atoms with Crippen molar-refractivity contribution in [2.45, 2.75) is 6.42 Å². The molecule has 2 rings (SSSR count). The Morgan fingerprint density at radius 3 is 2.83 bits per heavy atom. The largest absolute Gasteiger partial charge is 0.277 e. The summed E-state index contributed by atoms with van der Waals surface area (Å²) in [7, 11) is 0. The molecule has 1 heterocycles. The minimum atomic E-state index is -0.613. The first-order chi connectivity index (χ1) is 8.60. The van der Waals surface area contributed by atoms with Gasteiger partial charge in [0.15, 0.2) is 0 Å². The molecule has 0 atom stereocenters. The van der Waals surface area contributed by atoms with E-state index in [1.54, 1.807) is 6.07 Å². The third-order valence-electron chi connectivity index (χ3n) is 2.26. The van der Waals surface area contributed by atoms with E-state index in [0.29, 0.717) is 22.7 Å². The molecule has 0 aliphatic heterocycles. The number of nitrogens with zero attached hydrogens (tertiary/aromatic N) is 2. The summed E-state index contributed by atoms with van der Waals surface area (Å²) in [4.78, 5) is 10.5. The standard InChI is InChI=1S/C11H8F2N2OS2/c12-8-2-1-7(10(13)4-8)3-9-5-11(18-14-9)15(17)6-16/h1-2,4-6,17H,3H2. The van der Waals surface area contributed by atoms with E-state index in [4.69, 9.17) is 0 Å². The van der Waals surface area contributed by atoms with Gasteiger partial charge in [-0.3, -0.25) is 4.79 Å². The lowest BCUT2D eigenvalue weighted by molar-refractivity contribution is -0.106. The van der Waals surface area contributed by atoms with E-state index in [9.17, 15) is 13.6 Å². The van der Waals surface area contributed by atoms with Gasteiger partial charge >= 0.3 is 0 Å². The normalized spacial score (nSPS) is 10.4. The summed E-state index contributed by atoms with van der Waals surface area (Å²) in [5.41, 5.74) is 0.950. The zero-order valence-electron chi connectivity index (χ0n) is 9.01. The summed E-state index contributed by atoms with van der Waals surface area (Å²) >= 11 is 4.99. The molecule has 2 aromatic rings. The van der Waals surface area contributed by atoms with Gasteiger partial charge in [0.2, 0.25) is 6.41 Å². The lowest BCUT2D eigenvalue weighted by Gasteiger charge is -2.02. The maximum Gasteiger partial charge on any atom is 0.224 e. The van der Waals surface area contributed by atoms with Gasteiger partial charge in [0.1, 0.15) is 16.6 Å². The van der Waals surface area contributed by atoms with Gasteiger partial charge in [0, 0.05) is 12.5 Å². The Morgan fingerprint density at radius 1 is 1.39 bits per heavy atom. The lowest BCUT2D eigenvalue weighted by Crippen LogP contribution is -2.03. The molecule has 18 heavy (non-hydrogen) atoms. The van der Waals surface area contributed by atoms with E-state index >= 15 is 0 Å². The van der Waals surface area contributed by atoms with E-state index in [0.717, 1.165) is 21.9 Å². The topological polar surface area (TPSA) is 33.2 Å².